The molecule has 0 saturated carbocycles. The normalized spacial score (nSPS) is 11.5. The summed E-state index contributed by atoms with van der Waals surface area (Å²) >= 11 is 5.79. The maximum absolute atomic E-state index is 13.1. The highest BCUT2D eigenvalue weighted by atomic mass is 35.5. The van der Waals surface area contributed by atoms with Crippen LogP contribution in [0.15, 0.2) is 42.5 Å². The average molecular weight is 315 g/mol. The van der Waals surface area contributed by atoms with Crippen molar-refractivity contribution < 1.29 is 13.2 Å². The topological polar surface area (TPSA) is 29.3 Å². The lowest BCUT2D eigenvalue weighted by Crippen LogP contribution is -2.21. The van der Waals surface area contributed by atoms with Gasteiger partial charge in [0, 0.05) is 30.0 Å². The Bertz CT molecular complexity index is 624. The number of halogens is 4. The molecular weight excluding hydrogens is 301 g/mol. The van der Waals surface area contributed by atoms with Crippen molar-refractivity contribution in [3.8, 4) is 0 Å². The van der Waals surface area contributed by atoms with E-state index < -0.39 is 11.7 Å². The maximum atomic E-state index is 13.1. The van der Waals surface area contributed by atoms with Crippen LogP contribution < -0.4 is 10.6 Å². The van der Waals surface area contributed by atoms with Gasteiger partial charge < -0.3 is 10.6 Å². The molecule has 0 aromatic heterocycles. The molecule has 0 radical (unpaired) electrons. The molecule has 0 aliphatic rings. The molecular formula is C15H14ClF3N2. The smallest absolute Gasteiger partial charge is 0.399 e. The summed E-state index contributed by atoms with van der Waals surface area (Å²) in [5, 5.41) is 0.588. The molecule has 2 rings (SSSR count). The van der Waals surface area contributed by atoms with Crippen LogP contribution in [0.1, 0.15) is 11.1 Å². The summed E-state index contributed by atoms with van der Waals surface area (Å²) in [4.78, 5) is 1.53. The van der Waals surface area contributed by atoms with Crippen LogP contribution in [-0.4, -0.2) is 7.05 Å². The predicted molar refractivity (Wildman–Crippen MR) is 79.4 cm³/mol. The molecule has 112 valence electrons. The quantitative estimate of drug-likeness (QED) is 0.840. The minimum atomic E-state index is -4.45. The Morgan fingerprint density at radius 2 is 1.71 bits per heavy atom. The number of nitrogens with two attached hydrogens (primary N) is 1. The van der Waals surface area contributed by atoms with Crippen LogP contribution in [0.5, 0.6) is 0 Å². The number of nitrogen functional groups attached to an aromatic ring is 1. The van der Waals surface area contributed by atoms with Gasteiger partial charge in [-0.25, -0.2) is 0 Å². The number of nitrogens with zero attached hydrogens (tertiary/aromatic N) is 1. The Morgan fingerprint density at radius 3 is 2.29 bits per heavy atom. The maximum Gasteiger partial charge on any atom is 0.418 e. The average Bonchev–Trinajstić information content (AvgIpc) is 2.40. The first-order valence-electron chi connectivity index (χ1n) is 6.19. The van der Waals surface area contributed by atoms with Gasteiger partial charge in [0.15, 0.2) is 0 Å². The first-order chi connectivity index (χ1) is 9.77. The van der Waals surface area contributed by atoms with Crippen molar-refractivity contribution in [3.05, 3.63) is 58.6 Å². The van der Waals surface area contributed by atoms with Gasteiger partial charge in [-0.3, -0.25) is 0 Å². The molecule has 0 heterocycles. The minimum absolute atomic E-state index is 0.0889. The van der Waals surface area contributed by atoms with Crippen molar-refractivity contribution in [2.75, 3.05) is 17.7 Å². The summed E-state index contributed by atoms with van der Waals surface area (Å²) in [6, 6.07) is 10.8. The molecule has 0 aliphatic carbocycles. The van der Waals surface area contributed by atoms with Crippen molar-refractivity contribution in [3.63, 3.8) is 0 Å². The summed E-state index contributed by atoms with van der Waals surface area (Å²) in [5.74, 6) is 0. The predicted octanol–water partition coefficient (Wildman–Crippen LogP) is 4.58. The lowest BCUT2D eigenvalue weighted by atomic mass is 10.1. The zero-order chi connectivity index (χ0) is 15.6. The lowest BCUT2D eigenvalue weighted by molar-refractivity contribution is -0.137. The van der Waals surface area contributed by atoms with Crippen molar-refractivity contribution in [1.82, 2.24) is 0 Å². The summed E-state index contributed by atoms with van der Waals surface area (Å²) in [5.41, 5.74) is 5.77. The Labute approximate surface area is 125 Å². The van der Waals surface area contributed by atoms with Crippen molar-refractivity contribution in [1.29, 1.82) is 0 Å². The third-order valence-electron chi connectivity index (χ3n) is 3.07. The molecule has 0 fully saturated rings. The van der Waals surface area contributed by atoms with E-state index in [0.29, 0.717) is 11.6 Å². The number of benzene rings is 2. The summed E-state index contributed by atoms with van der Waals surface area (Å²) in [6.45, 7) is 0.337. The molecule has 21 heavy (non-hydrogen) atoms. The van der Waals surface area contributed by atoms with Crippen molar-refractivity contribution in [2.24, 2.45) is 0 Å². The Balaban J connectivity index is 2.30. The van der Waals surface area contributed by atoms with Gasteiger partial charge in [0.1, 0.15) is 0 Å². The standard InChI is InChI=1S/C15H14ClF3N2/c1-21(9-10-2-4-11(16)5-3-10)14-7-6-12(20)8-13(14)15(17,18)19/h2-8H,9,20H2,1H3. The number of alkyl halides is 3. The van der Waals surface area contributed by atoms with Crippen molar-refractivity contribution >= 4 is 23.0 Å². The molecule has 2 N–H and O–H groups in total. The number of anilines is 2. The SMILES string of the molecule is CN(Cc1ccc(Cl)cc1)c1ccc(N)cc1C(F)(F)F. The van der Waals surface area contributed by atoms with E-state index in [1.54, 1.807) is 31.3 Å². The second-order valence-corrected chi connectivity index (χ2v) is 5.19. The minimum Gasteiger partial charge on any atom is -0.399 e. The second kappa shape index (κ2) is 5.85. The molecule has 2 aromatic rings. The van der Waals surface area contributed by atoms with Gasteiger partial charge in [0.05, 0.1) is 5.56 Å². The van der Waals surface area contributed by atoms with Gasteiger partial charge in [-0.05, 0) is 35.9 Å². The zero-order valence-electron chi connectivity index (χ0n) is 11.3. The lowest BCUT2D eigenvalue weighted by Gasteiger charge is -2.24. The van der Waals surface area contributed by atoms with Crippen LogP contribution in [0, 0.1) is 0 Å². The van der Waals surface area contributed by atoms with Crippen LogP contribution in [0.4, 0.5) is 24.5 Å². The highest BCUT2D eigenvalue weighted by molar-refractivity contribution is 6.30. The molecule has 0 aliphatic heterocycles. The van der Waals surface area contributed by atoms with E-state index in [0.717, 1.165) is 11.6 Å². The van der Waals surface area contributed by atoms with E-state index in [2.05, 4.69) is 0 Å². The third kappa shape index (κ3) is 3.82. The van der Waals surface area contributed by atoms with E-state index >= 15 is 0 Å². The Morgan fingerprint density at radius 1 is 1.10 bits per heavy atom. The highest BCUT2D eigenvalue weighted by Crippen LogP contribution is 2.37. The van der Waals surface area contributed by atoms with E-state index in [4.69, 9.17) is 17.3 Å². The number of hydrogen-bond acceptors (Lipinski definition) is 2. The number of rotatable bonds is 3. The Hall–Kier alpha value is -1.88. The molecule has 0 amide bonds. The number of hydrogen-bond donors (Lipinski definition) is 1. The highest BCUT2D eigenvalue weighted by Gasteiger charge is 2.34. The molecule has 6 heteroatoms. The molecule has 0 unspecified atom stereocenters. The summed E-state index contributed by atoms with van der Waals surface area (Å²) in [6.07, 6.45) is -4.45. The van der Waals surface area contributed by atoms with Gasteiger partial charge in [-0.1, -0.05) is 23.7 Å². The van der Waals surface area contributed by atoms with E-state index in [-0.39, 0.29) is 11.4 Å². The first-order valence-corrected chi connectivity index (χ1v) is 6.57. The molecule has 2 aromatic carbocycles. The van der Waals surface area contributed by atoms with Crippen LogP contribution in [0.3, 0.4) is 0 Å². The molecule has 0 bridgehead atoms. The van der Waals surface area contributed by atoms with E-state index in [9.17, 15) is 13.2 Å². The fourth-order valence-electron chi connectivity index (χ4n) is 2.06. The largest absolute Gasteiger partial charge is 0.418 e. The Kier molecular flexibility index (Phi) is 4.32. The summed E-state index contributed by atoms with van der Waals surface area (Å²) in [7, 11) is 1.61. The van der Waals surface area contributed by atoms with Gasteiger partial charge in [-0.2, -0.15) is 13.2 Å². The molecule has 0 atom stereocenters. The van der Waals surface area contributed by atoms with E-state index in [1.807, 2.05) is 0 Å². The third-order valence-corrected chi connectivity index (χ3v) is 3.32. The molecule has 2 nitrogen and oxygen atoms in total. The van der Waals surface area contributed by atoms with Gasteiger partial charge >= 0.3 is 6.18 Å². The second-order valence-electron chi connectivity index (χ2n) is 4.76. The van der Waals surface area contributed by atoms with Gasteiger partial charge in [-0.15, -0.1) is 0 Å². The monoisotopic (exact) mass is 314 g/mol. The fraction of sp³-hybridized carbons (Fsp3) is 0.200. The van der Waals surface area contributed by atoms with Crippen molar-refractivity contribution in [2.45, 2.75) is 12.7 Å². The molecule has 0 spiro atoms. The van der Waals surface area contributed by atoms with Crippen LogP contribution in [0.25, 0.3) is 0 Å². The van der Waals surface area contributed by atoms with Gasteiger partial charge in [0.2, 0.25) is 0 Å². The van der Waals surface area contributed by atoms with Crippen LogP contribution in [-0.2, 0) is 12.7 Å². The van der Waals surface area contributed by atoms with Gasteiger partial charge in [0.25, 0.3) is 0 Å². The van der Waals surface area contributed by atoms with Crippen LogP contribution >= 0.6 is 11.6 Å². The summed E-state index contributed by atoms with van der Waals surface area (Å²) < 4.78 is 39.2. The molecule has 0 saturated heterocycles. The fourth-order valence-corrected chi connectivity index (χ4v) is 2.19. The van der Waals surface area contributed by atoms with Crippen LogP contribution in [0.2, 0.25) is 5.02 Å². The first kappa shape index (κ1) is 15.5. The zero-order valence-corrected chi connectivity index (χ0v) is 12.0. The van der Waals surface area contributed by atoms with E-state index in [1.165, 1.54) is 17.0 Å².